The minimum Gasteiger partial charge on any atom is -0.361 e. The minimum atomic E-state index is -0.780. The summed E-state index contributed by atoms with van der Waals surface area (Å²) in [6.07, 6.45) is 4.19. The fourth-order valence-corrected chi connectivity index (χ4v) is 5.22. The lowest BCUT2D eigenvalue weighted by atomic mass is 10.0. The number of carbonyl (C=O) groups excluding carboxylic acids is 5. The van der Waals surface area contributed by atoms with Gasteiger partial charge in [-0.05, 0) is 40.8 Å². The summed E-state index contributed by atoms with van der Waals surface area (Å²) in [4.78, 5) is 69.6. The molecule has 10 heteroatoms. The molecule has 2 heterocycles. The van der Waals surface area contributed by atoms with Crippen LogP contribution in [0.1, 0.15) is 49.7 Å². The van der Waals surface area contributed by atoms with E-state index in [1.165, 1.54) is 0 Å². The second-order valence-corrected chi connectivity index (χ2v) is 10.7. The molecule has 43 heavy (non-hydrogen) atoms. The van der Waals surface area contributed by atoms with E-state index in [9.17, 15) is 24.0 Å². The Balaban J connectivity index is 1.14. The molecule has 1 aliphatic rings. The van der Waals surface area contributed by atoms with E-state index in [-0.39, 0.29) is 37.5 Å². The highest BCUT2D eigenvalue weighted by atomic mass is 16.7. The number of hydrogen-bond donors (Lipinski definition) is 3. The lowest BCUT2D eigenvalue weighted by Gasteiger charge is -2.19. The van der Waals surface area contributed by atoms with Crippen molar-refractivity contribution in [2.24, 2.45) is 0 Å². The number of aromatic nitrogens is 1. The van der Waals surface area contributed by atoms with Crippen molar-refractivity contribution in [1.82, 2.24) is 20.7 Å². The standard InChI is InChI=1S/C33H34N4O6/c38-29(19-22-13-14-23-8-3-4-9-24(23)18-22)36-28(20-25-21-35-27-11-6-5-10-26(25)27)33(42)34-17-7-1-2-12-32(41)43-37-30(39)15-16-31(37)40/h3-6,8-11,13-14,18,21,28,35H,1-2,7,12,15-17,19-20H2,(H,34,42)(H,36,38)/t28-/m0/s1. The maximum absolute atomic E-state index is 13.3. The highest BCUT2D eigenvalue weighted by Gasteiger charge is 2.32. The molecule has 5 rings (SSSR count). The van der Waals surface area contributed by atoms with E-state index in [0.717, 1.165) is 32.8 Å². The predicted molar refractivity (Wildman–Crippen MR) is 160 cm³/mol. The number of imide groups is 1. The normalized spacial score (nSPS) is 13.8. The first-order valence-corrected chi connectivity index (χ1v) is 14.5. The Labute approximate surface area is 248 Å². The predicted octanol–water partition coefficient (Wildman–Crippen LogP) is 3.87. The van der Waals surface area contributed by atoms with Gasteiger partial charge in [0.25, 0.3) is 11.8 Å². The summed E-state index contributed by atoms with van der Waals surface area (Å²) in [5.74, 6) is -2.19. The van der Waals surface area contributed by atoms with Crippen LogP contribution in [-0.4, -0.2) is 52.2 Å². The number of amides is 4. The topological polar surface area (TPSA) is 138 Å². The van der Waals surface area contributed by atoms with Gasteiger partial charge in [0.05, 0.1) is 6.42 Å². The first kappa shape index (κ1) is 29.5. The van der Waals surface area contributed by atoms with Gasteiger partial charge in [0, 0.05) is 49.3 Å². The molecule has 1 saturated heterocycles. The van der Waals surface area contributed by atoms with Gasteiger partial charge in [-0.3, -0.25) is 19.2 Å². The number of para-hydroxylation sites is 1. The van der Waals surface area contributed by atoms with Crippen LogP contribution in [0.3, 0.4) is 0 Å². The summed E-state index contributed by atoms with van der Waals surface area (Å²) in [6, 6.07) is 20.9. The first-order valence-electron chi connectivity index (χ1n) is 14.5. The average Bonchev–Trinajstić information content (AvgIpc) is 3.56. The van der Waals surface area contributed by atoms with E-state index < -0.39 is 23.8 Å². The van der Waals surface area contributed by atoms with Crippen molar-refractivity contribution in [3.05, 3.63) is 84.1 Å². The summed E-state index contributed by atoms with van der Waals surface area (Å²) in [7, 11) is 0. The van der Waals surface area contributed by atoms with E-state index >= 15 is 0 Å². The fraction of sp³-hybridized carbons (Fsp3) is 0.303. The van der Waals surface area contributed by atoms with Crippen LogP contribution in [0.5, 0.6) is 0 Å². The van der Waals surface area contributed by atoms with Crippen LogP contribution >= 0.6 is 0 Å². The Morgan fingerprint density at radius 1 is 0.884 bits per heavy atom. The molecule has 3 aromatic carbocycles. The largest absolute Gasteiger partial charge is 0.361 e. The van der Waals surface area contributed by atoms with Gasteiger partial charge >= 0.3 is 5.97 Å². The lowest BCUT2D eigenvalue weighted by molar-refractivity contribution is -0.197. The molecule has 4 aromatic rings. The monoisotopic (exact) mass is 582 g/mol. The highest BCUT2D eigenvalue weighted by molar-refractivity contribution is 6.01. The highest BCUT2D eigenvalue weighted by Crippen LogP contribution is 2.20. The number of unbranched alkanes of at least 4 members (excludes halogenated alkanes) is 2. The third-order valence-corrected chi connectivity index (χ3v) is 7.49. The minimum absolute atomic E-state index is 0.0526. The molecule has 0 unspecified atom stereocenters. The van der Waals surface area contributed by atoms with Gasteiger partial charge < -0.3 is 20.5 Å². The quantitative estimate of drug-likeness (QED) is 0.162. The third-order valence-electron chi connectivity index (χ3n) is 7.49. The molecule has 1 aromatic heterocycles. The fourth-order valence-electron chi connectivity index (χ4n) is 5.22. The van der Waals surface area contributed by atoms with Crippen LogP contribution < -0.4 is 10.6 Å². The molecule has 0 spiro atoms. The summed E-state index contributed by atoms with van der Waals surface area (Å²) in [6.45, 7) is 0.363. The number of H-pyrrole nitrogens is 1. The van der Waals surface area contributed by atoms with E-state index in [0.29, 0.717) is 37.3 Å². The molecule has 1 fully saturated rings. The molecule has 222 valence electrons. The number of rotatable bonds is 13. The number of fused-ring (bicyclic) bond motifs is 2. The van der Waals surface area contributed by atoms with Crippen LogP contribution in [0.25, 0.3) is 21.7 Å². The second-order valence-electron chi connectivity index (χ2n) is 10.7. The number of hydrogen-bond acceptors (Lipinski definition) is 6. The van der Waals surface area contributed by atoms with Crippen molar-refractivity contribution >= 4 is 51.3 Å². The molecule has 1 aliphatic heterocycles. The van der Waals surface area contributed by atoms with Crippen LogP contribution in [0, 0.1) is 0 Å². The van der Waals surface area contributed by atoms with Gasteiger partial charge in [0.1, 0.15) is 6.04 Å². The number of nitrogens with zero attached hydrogens (tertiary/aromatic N) is 1. The van der Waals surface area contributed by atoms with Crippen LogP contribution in [-0.2, 0) is 41.7 Å². The maximum atomic E-state index is 13.3. The summed E-state index contributed by atoms with van der Waals surface area (Å²) >= 11 is 0. The van der Waals surface area contributed by atoms with Gasteiger partial charge in [-0.15, -0.1) is 5.06 Å². The third kappa shape index (κ3) is 7.65. The van der Waals surface area contributed by atoms with Gasteiger partial charge in [0.2, 0.25) is 11.8 Å². The molecule has 0 aliphatic carbocycles. The number of carbonyl (C=O) groups is 5. The zero-order valence-electron chi connectivity index (χ0n) is 23.8. The van der Waals surface area contributed by atoms with Gasteiger partial charge in [-0.1, -0.05) is 67.1 Å². The lowest BCUT2D eigenvalue weighted by Crippen LogP contribution is -2.48. The van der Waals surface area contributed by atoms with Crippen molar-refractivity contribution in [3.8, 4) is 0 Å². The van der Waals surface area contributed by atoms with Gasteiger partial charge in [-0.25, -0.2) is 4.79 Å². The molecular weight excluding hydrogens is 548 g/mol. The van der Waals surface area contributed by atoms with E-state index in [1.54, 1.807) is 0 Å². The van der Waals surface area contributed by atoms with Crippen LogP contribution in [0.2, 0.25) is 0 Å². The zero-order valence-corrected chi connectivity index (χ0v) is 23.8. The summed E-state index contributed by atoms with van der Waals surface area (Å²) in [5.41, 5.74) is 2.74. The Morgan fingerprint density at radius 3 is 2.44 bits per heavy atom. The van der Waals surface area contributed by atoms with E-state index in [2.05, 4.69) is 15.6 Å². The van der Waals surface area contributed by atoms with Crippen molar-refractivity contribution in [3.63, 3.8) is 0 Å². The number of hydroxylamine groups is 2. The smallest absolute Gasteiger partial charge is 0.333 e. The van der Waals surface area contributed by atoms with Crippen molar-refractivity contribution in [1.29, 1.82) is 0 Å². The zero-order chi connectivity index (χ0) is 30.2. The number of aromatic amines is 1. The van der Waals surface area contributed by atoms with Gasteiger partial charge in [0.15, 0.2) is 0 Å². The average molecular weight is 583 g/mol. The Hall–Kier alpha value is -4.99. The first-order chi connectivity index (χ1) is 20.9. The van der Waals surface area contributed by atoms with Crippen molar-refractivity contribution in [2.45, 2.75) is 57.4 Å². The van der Waals surface area contributed by atoms with E-state index in [1.807, 2.05) is 72.9 Å². The Morgan fingerprint density at radius 2 is 1.63 bits per heavy atom. The molecule has 10 nitrogen and oxygen atoms in total. The Bertz CT molecular complexity index is 1650. The second kappa shape index (κ2) is 13.8. The Kier molecular flexibility index (Phi) is 9.46. The maximum Gasteiger partial charge on any atom is 0.333 e. The molecule has 4 amide bonds. The van der Waals surface area contributed by atoms with Gasteiger partial charge in [-0.2, -0.15) is 0 Å². The number of benzene rings is 3. The molecule has 0 radical (unpaired) electrons. The summed E-state index contributed by atoms with van der Waals surface area (Å²) < 4.78 is 0. The number of nitrogens with one attached hydrogen (secondary N) is 3. The van der Waals surface area contributed by atoms with Crippen LogP contribution in [0.15, 0.2) is 72.9 Å². The van der Waals surface area contributed by atoms with Crippen molar-refractivity contribution in [2.75, 3.05) is 6.54 Å². The van der Waals surface area contributed by atoms with Crippen LogP contribution in [0.4, 0.5) is 0 Å². The van der Waals surface area contributed by atoms with Crippen molar-refractivity contribution < 1.29 is 28.8 Å². The molecule has 0 saturated carbocycles. The molecule has 0 bridgehead atoms. The van der Waals surface area contributed by atoms with E-state index in [4.69, 9.17) is 4.84 Å². The molecular formula is C33H34N4O6. The molecule has 1 atom stereocenters. The molecule has 3 N–H and O–H groups in total. The SMILES string of the molecule is O=C(Cc1ccc2ccccc2c1)N[C@@H](Cc1c[nH]c2ccccc12)C(=O)NCCCCCC(=O)ON1C(=O)CCC1=O. The summed E-state index contributed by atoms with van der Waals surface area (Å²) in [5, 5.41) is 9.54.